The lowest BCUT2D eigenvalue weighted by molar-refractivity contribution is 0.355. The molecule has 0 amide bonds. The number of halogens is 1. The summed E-state index contributed by atoms with van der Waals surface area (Å²) in [5.74, 6) is 1.34. The van der Waals surface area contributed by atoms with Crippen molar-refractivity contribution in [2.45, 2.75) is 0 Å². The first-order valence-corrected chi connectivity index (χ1v) is 6.75. The van der Waals surface area contributed by atoms with Crippen molar-refractivity contribution in [3.63, 3.8) is 0 Å². The fourth-order valence-corrected chi connectivity index (χ4v) is 2.39. The molecule has 20 heavy (non-hydrogen) atoms. The van der Waals surface area contributed by atoms with E-state index in [9.17, 15) is 0 Å². The van der Waals surface area contributed by atoms with Gasteiger partial charge in [-0.2, -0.15) is 0 Å². The Morgan fingerprint density at radius 3 is 2.55 bits per heavy atom. The molecule has 2 aromatic carbocycles. The molecule has 0 aliphatic heterocycles. The summed E-state index contributed by atoms with van der Waals surface area (Å²) in [6.07, 6.45) is 0. The van der Waals surface area contributed by atoms with Crippen molar-refractivity contribution in [3.05, 3.63) is 40.9 Å². The predicted molar refractivity (Wildman–Crippen MR) is 79.7 cm³/mol. The zero-order chi connectivity index (χ0) is 14.1. The normalized spacial score (nSPS) is 10.8. The van der Waals surface area contributed by atoms with Gasteiger partial charge in [0.15, 0.2) is 11.5 Å². The van der Waals surface area contributed by atoms with Gasteiger partial charge in [0.05, 0.1) is 25.4 Å². The molecule has 0 saturated carbocycles. The van der Waals surface area contributed by atoms with Crippen molar-refractivity contribution >= 4 is 27.0 Å². The van der Waals surface area contributed by atoms with E-state index >= 15 is 0 Å². The van der Waals surface area contributed by atoms with Gasteiger partial charge in [-0.3, -0.25) is 0 Å². The minimum Gasteiger partial charge on any atom is -0.493 e. The molecule has 1 aromatic heterocycles. The van der Waals surface area contributed by atoms with E-state index in [2.05, 4.69) is 26.2 Å². The molecule has 0 aliphatic rings. The van der Waals surface area contributed by atoms with Gasteiger partial charge in [0.1, 0.15) is 5.52 Å². The molecule has 0 unspecified atom stereocenters. The molecule has 0 saturated heterocycles. The summed E-state index contributed by atoms with van der Waals surface area (Å²) in [5.41, 5.74) is 2.62. The van der Waals surface area contributed by atoms with Crippen LogP contribution in [0.25, 0.3) is 16.7 Å². The number of hydrogen-bond acceptors (Lipinski definition) is 4. The van der Waals surface area contributed by atoms with E-state index in [1.165, 1.54) is 0 Å². The van der Waals surface area contributed by atoms with Crippen LogP contribution < -0.4 is 9.47 Å². The molecule has 0 fully saturated rings. The Kier molecular flexibility index (Phi) is 3.31. The van der Waals surface area contributed by atoms with Gasteiger partial charge in [-0.1, -0.05) is 21.1 Å². The van der Waals surface area contributed by atoms with Crippen molar-refractivity contribution in [1.29, 1.82) is 0 Å². The van der Waals surface area contributed by atoms with Crippen LogP contribution in [-0.4, -0.2) is 29.2 Å². The van der Waals surface area contributed by atoms with E-state index in [0.29, 0.717) is 11.5 Å². The summed E-state index contributed by atoms with van der Waals surface area (Å²) in [4.78, 5) is 0. The zero-order valence-corrected chi connectivity index (χ0v) is 12.6. The van der Waals surface area contributed by atoms with Crippen LogP contribution in [0.2, 0.25) is 0 Å². The third kappa shape index (κ3) is 2.12. The highest BCUT2D eigenvalue weighted by atomic mass is 79.9. The van der Waals surface area contributed by atoms with Gasteiger partial charge in [-0.25, -0.2) is 4.68 Å². The molecule has 5 nitrogen and oxygen atoms in total. The number of nitrogens with zero attached hydrogens (tertiary/aromatic N) is 3. The third-order valence-corrected chi connectivity index (χ3v) is 3.51. The SMILES string of the molecule is COc1ccc(-n2nnc3ccc(Br)cc32)cc1OC. The van der Waals surface area contributed by atoms with Gasteiger partial charge in [-0.05, 0) is 30.3 Å². The Hall–Kier alpha value is -2.08. The minimum absolute atomic E-state index is 0.656. The molecule has 102 valence electrons. The fraction of sp³-hybridized carbons (Fsp3) is 0.143. The minimum atomic E-state index is 0.656. The van der Waals surface area contributed by atoms with Gasteiger partial charge in [0, 0.05) is 10.5 Å². The van der Waals surface area contributed by atoms with Gasteiger partial charge < -0.3 is 9.47 Å². The second-order valence-corrected chi connectivity index (χ2v) is 5.09. The smallest absolute Gasteiger partial charge is 0.162 e. The van der Waals surface area contributed by atoms with Gasteiger partial charge >= 0.3 is 0 Å². The monoisotopic (exact) mass is 333 g/mol. The van der Waals surface area contributed by atoms with Crippen LogP contribution in [0.4, 0.5) is 0 Å². The Morgan fingerprint density at radius 1 is 1.00 bits per heavy atom. The lowest BCUT2D eigenvalue weighted by Gasteiger charge is -2.09. The maximum atomic E-state index is 5.31. The maximum Gasteiger partial charge on any atom is 0.162 e. The summed E-state index contributed by atoms with van der Waals surface area (Å²) in [5, 5.41) is 8.34. The standard InChI is InChI=1S/C14H12BrN3O2/c1-19-13-6-4-10(8-14(13)20-2)18-12-7-9(15)3-5-11(12)16-17-18/h3-8H,1-2H3. The Morgan fingerprint density at radius 2 is 1.80 bits per heavy atom. The molecule has 1 heterocycles. The summed E-state index contributed by atoms with van der Waals surface area (Å²) < 4.78 is 13.3. The quantitative estimate of drug-likeness (QED) is 0.738. The largest absolute Gasteiger partial charge is 0.493 e. The third-order valence-electron chi connectivity index (χ3n) is 3.02. The van der Waals surface area contributed by atoms with Gasteiger partial charge in [0.25, 0.3) is 0 Å². The van der Waals surface area contributed by atoms with Crippen LogP contribution in [0.15, 0.2) is 40.9 Å². The highest BCUT2D eigenvalue weighted by molar-refractivity contribution is 9.10. The number of ether oxygens (including phenoxy) is 2. The van der Waals surface area contributed by atoms with E-state index in [0.717, 1.165) is 21.2 Å². The Balaban J connectivity index is 2.18. The number of rotatable bonds is 3. The van der Waals surface area contributed by atoms with E-state index in [1.54, 1.807) is 18.9 Å². The van der Waals surface area contributed by atoms with Crippen molar-refractivity contribution < 1.29 is 9.47 Å². The number of methoxy groups -OCH3 is 2. The first-order valence-electron chi connectivity index (χ1n) is 5.96. The summed E-state index contributed by atoms with van der Waals surface area (Å²) in [7, 11) is 3.22. The predicted octanol–water partition coefficient (Wildman–Crippen LogP) is 3.20. The van der Waals surface area contributed by atoms with Crippen LogP contribution in [0.1, 0.15) is 0 Å². The van der Waals surface area contributed by atoms with Crippen LogP contribution in [0.5, 0.6) is 11.5 Å². The topological polar surface area (TPSA) is 49.2 Å². The first-order chi connectivity index (χ1) is 9.72. The van der Waals surface area contributed by atoms with E-state index in [1.807, 2.05) is 36.4 Å². The summed E-state index contributed by atoms with van der Waals surface area (Å²) in [6, 6.07) is 11.5. The van der Waals surface area contributed by atoms with Gasteiger partial charge in [-0.15, -0.1) is 5.10 Å². The molecule has 0 spiro atoms. The van der Waals surface area contributed by atoms with Crippen molar-refractivity contribution in [1.82, 2.24) is 15.0 Å². The van der Waals surface area contributed by atoms with Crippen LogP contribution in [-0.2, 0) is 0 Å². The second kappa shape index (κ2) is 5.13. The first kappa shape index (κ1) is 12.9. The Labute approximate surface area is 124 Å². The number of benzene rings is 2. The van der Waals surface area contributed by atoms with Crippen molar-refractivity contribution in [2.24, 2.45) is 0 Å². The van der Waals surface area contributed by atoms with Gasteiger partial charge in [0.2, 0.25) is 0 Å². The highest BCUT2D eigenvalue weighted by Gasteiger charge is 2.10. The van der Waals surface area contributed by atoms with E-state index < -0.39 is 0 Å². The molecule has 0 radical (unpaired) electrons. The maximum absolute atomic E-state index is 5.31. The van der Waals surface area contributed by atoms with Crippen LogP contribution >= 0.6 is 15.9 Å². The zero-order valence-electron chi connectivity index (χ0n) is 11.0. The summed E-state index contributed by atoms with van der Waals surface area (Å²) in [6.45, 7) is 0. The average molecular weight is 334 g/mol. The summed E-state index contributed by atoms with van der Waals surface area (Å²) >= 11 is 3.46. The second-order valence-electron chi connectivity index (χ2n) is 4.17. The molecule has 3 aromatic rings. The number of aromatic nitrogens is 3. The van der Waals surface area contributed by atoms with Crippen molar-refractivity contribution in [2.75, 3.05) is 14.2 Å². The molecular formula is C14H12BrN3O2. The Bertz CT molecular complexity index is 770. The van der Waals surface area contributed by atoms with E-state index in [-0.39, 0.29) is 0 Å². The van der Waals surface area contributed by atoms with Crippen LogP contribution in [0, 0.1) is 0 Å². The lowest BCUT2D eigenvalue weighted by atomic mass is 10.2. The van der Waals surface area contributed by atoms with Crippen LogP contribution in [0.3, 0.4) is 0 Å². The molecular weight excluding hydrogens is 322 g/mol. The highest BCUT2D eigenvalue weighted by Crippen LogP contribution is 2.30. The molecule has 6 heteroatoms. The number of fused-ring (bicyclic) bond motifs is 1. The average Bonchev–Trinajstić information content (AvgIpc) is 2.89. The number of hydrogen-bond donors (Lipinski definition) is 0. The molecule has 3 rings (SSSR count). The van der Waals surface area contributed by atoms with Crippen molar-refractivity contribution in [3.8, 4) is 17.2 Å². The molecule has 0 atom stereocenters. The molecule has 0 bridgehead atoms. The fourth-order valence-electron chi connectivity index (χ4n) is 2.04. The lowest BCUT2D eigenvalue weighted by Crippen LogP contribution is -1.98. The van der Waals surface area contributed by atoms with E-state index in [4.69, 9.17) is 9.47 Å². The molecule has 0 aliphatic carbocycles. The molecule has 0 N–H and O–H groups in total.